The molecule has 4 heteroatoms. The van der Waals surface area contributed by atoms with Crippen LogP contribution in [0.4, 0.5) is 0 Å². The third-order valence-corrected chi connectivity index (χ3v) is 3.10. The lowest BCUT2D eigenvalue weighted by Crippen LogP contribution is -1.98. The fourth-order valence-corrected chi connectivity index (χ4v) is 2.35. The second kappa shape index (κ2) is 4.29. The number of aliphatic hydroxyl groups excluding tert-OH is 1. The van der Waals surface area contributed by atoms with Crippen molar-refractivity contribution >= 4 is 27.3 Å². The Hall–Kier alpha value is -0.580. The first-order chi connectivity index (χ1) is 6.75. The number of rotatable bonds is 3. The van der Waals surface area contributed by atoms with Gasteiger partial charge in [0, 0.05) is 6.42 Å². The van der Waals surface area contributed by atoms with Crippen LogP contribution < -0.4 is 0 Å². The van der Waals surface area contributed by atoms with Crippen molar-refractivity contribution in [3.63, 3.8) is 0 Å². The summed E-state index contributed by atoms with van der Waals surface area (Å²) >= 11 is 4.82. The summed E-state index contributed by atoms with van der Waals surface area (Å²) in [7, 11) is 0. The largest absolute Gasteiger partial charge is 0.457 e. The predicted octanol–water partition coefficient (Wildman–Crippen LogP) is 3.38. The van der Waals surface area contributed by atoms with E-state index in [1.165, 1.54) is 0 Å². The zero-order valence-electron chi connectivity index (χ0n) is 7.31. The Kier molecular flexibility index (Phi) is 3.05. The molecule has 2 rings (SSSR count). The minimum absolute atomic E-state index is 0.439. The van der Waals surface area contributed by atoms with E-state index in [2.05, 4.69) is 15.9 Å². The molecule has 1 N–H and O–H groups in total. The van der Waals surface area contributed by atoms with Gasteiger partial charge in [0.2, 0.25) is 0 Å². The van der Waals surface area contributed by atoms with Crippen molar-refractivity contribution in [3.8, 4) is 0 Å². The highest BCUT2D eigenvalue weighted by atomic mass is 79.9. The van der Waals surface area contributed by atoms with E-state index in [0.717, 1.165) is 11.1 Å². The minimum Gasteiger partial charge on any atom is -0.457 e. The average molecular weight is 273 g/mol. The lowest BCUT2D eigenvalue weighted by atomic mass is 10.1. The molecule has 74 valence electrons. The summed E-state index contributed by atoms with van der Waals surface area (Å²) in [6, 6.07) is 3.81. The van der Waals surface area contributed by atoms with Crippen LogP contribution in [0.25, 0.3) is 0 Å². The quantitative estimate of drug-likeness (QED) is 0.930. The maximum absolute atomic E-state index is 9.82. The summed E-state index contributed by atoms with van der Waals surface area (Å²) < 4.78 is 5.79. The Bertz CT molecular complexity index is 394. The van der Waals surface area contributed by atoms with Crippen LogP contribution in [0.1, 0.15) is 17.2 Å². The van der Waals surface area contributed by atoms with Crippen molar-refractivity contribution in [1.82, 2.24) is 0 Å². The van der Waals surface area contributed by atoms with Gasteiger partial charge in [0.1, 0.15) is 0 Å². The number of hydrogen-bond donors (Lipinski definition) is 1. The normalized spacial score (nSPS) is 13.0. The average Bonchev–Trinajstić information content (AvgIpc) is 2.75. The molecule has 0 aliphatic carbocycles. The molecule has 2 aromatic heterocycles. The van der Waals surface area contributed by atoms with Crippen LogP contribution in [0.5, 0.6) is 0 Å². The van der Waals surface area contributed by atoms with E-state index in [-0.39, 0.29) is 0 Å². The van der Waals surface area contributed by atoms with Crippen LogP contribution in [-0.4, -0.2) is 5.11 Å². The van der Waals surface area contributed by atoms with Gasteiger partial charge in [-0.15, -0.1) is 0 Å². The van der Waals surface area contributed by atoms with E-state index in [9.17, 15) is 5.11 Å². The molecule has 2 aromatic rings. The zero-order valence-corrected chi connectivity index (χ0v) is 9.72. The fraction of sp³-hybridized carbons (Fsp3) is 0.200. The van der Waals surface area contributed by atoms with E-state index in [1.54, 1.807) is 17.6 Å². The fourth-order valence-electron chi connectivity index (χ4n) is 1.26. The Morgan fingerprint density at radius 1 is 1.57 bits per heavy atom. The molecule has 0 fully saturated rings. The maximum Gasteiger partial charge on any atom is 0.169 e. The molecule has 1 unspecified atom stereocenters. The Morgan fingerprint density at radius 3 is 3.00 bits per heavy atom. The monoisotopic (exact) mass is 272 g/mol. The summed E-state index contributed by atoms with van der Waals surface area (Å²) in [5.41, 5.74) is 1.96. The molecule has 2 heterocycles. The predicted molar refractivity (Wildman–Crippen MR) is 59.4 cm³/mol. The van der Waals surface area contributed by atoms with Crippen LogP contribution in [-0.2, 0) is 6.42 Å². The molecular weight excluding hydrogens is 264 g/mol. The molecule has 0 amide bonds. The molecule has 0 aromatic carbocycles. The van der Waals surface area contributed by atoms with E-state index in [4.69, 9.17) is 4.42 Å². The van der Waals surface area contributed by atoms with Crippen molar-refractivity contribution in [2.24, 2.45) is 0 Å². The zero-order chi connectivity index (χ0) is 9.97. The second-order valence-corrected chi connectivity index (χ2v) is 4.60. The van der Waals surface area contributed by atoms with Gasteiger partial charge in [0.25, 0.3) is 0 Å². The summed E-state index contributed by atoms with van der Waals surface area (Å²) in [4.78, 5) is 0. The summed E-state index contributed by atoms with van der Waals surface area (Å²) in [6.45, 7) is 0. The molecule has 1 atom stereocenters. The Morgan fingerprint density at radius 2 is 2.43 bits per heavy atom. The van der Waals surface area contributed by atoms with Crippen molar-refractivity contribution in [2.45, 2.75) is 12.5 Å². The van der Waals surface area contributed by atoms with Crippen LogP contribution in [0, 0.1) is 0 Å². The molecular formula is C10H9BrO2S. The highest BCUT2D eigenvalue weighted by molar-refractivity contribution is 9.10. The van der Waals surface area contributed by atoms with Gasteiger partial charge in [-0.25, -0.2) is 0 Å². The maximum atomic E-state index is 9.82. The number of thiophene rings is 1. The third kappa shape index (κ3) is 2.26. The highest BCUT2D eigenvalue weighted by Gasteiger charge is 2.10. The van der Waals surface area contributed by atoms with Gasteiger partial charge >= 0.3 is 0 Å². The van der Waals surface area contributed by atoms with E-state index in [0.29, 0.717) is 11.1 Å². The van der Waals surface area contributed by atoms with Crippen molar-refractivity contribution in [3.05, 3.63) is 45.0 Å². The molecule has 0 bridgehead atoms. The first-order valence-electron chi connectivity index (χ1n) is 4.19. The Labute approximate surface area is 94.3 Å². The van der Waals surface area contributed by atoms with Gasteiger partial charge in [-0.1, -0.05) is 0 Å². The summed E-state index contributed by atoms with van der Waals surface area (Å²) in [5.74, 6) is 0. The van der Waals surface area contributed by atoms with Gasteiger partial charge in [-0.3, -0.25) is 0 Å². The summed E-state index contributed by atoms with van der Waals surface area (Å²) in [5, 5.41) is 13.7. The van der Waals surface area contributed by atoms with Crippen molar-refractivity contribution in [1.29, 1.82) is 0 Å². The van der Waals surface area contributed by atoms with Crippen LogP contribution >= 0.6 is 27.3 Å². The first-order valence-corrected chi connectivity index (χ1v) is 5.92. The van der Waals surface area contributed by atoms with E-state index in [1.807, 2.05) is 22.9 Å². The number of halogens is 1. The molecule has 0 aliphatic heterocycles. The van der Waals surface area contributed by atoms with Gasteiger partial charge in [0.05, 0.1) is 12.4 Å². The van der Waals surface area contributed by atoms with Crippen molar-refractivity contribution in [2.75, 3.05) is 0 Å². The van der Waals surface area contributed by atoms with Gasteiger partial charge in [-0.05, 0) is 49.9 Å². The van der Waals surface area contributed by atoms with Crippen LogP contribution in [0.15, 0.2) is 38.2 Å². The molecule has 0 radical (unpaired) electrons. The number of aliphatic hydroxyl groups is 1. The molecule has 14 heavy (non-hydrogen) atoms. The van der Waals surface area contributed by atoms with Gasteiger partial charge < -0.3 is 9.52 Å². The van der Waals surface area contributed by atoms with E-state index < -0.39 is 6.10 Å². The molecule has 2 nitrogen and oxygen atoms in total. The molecule has 0 aliphatic rings. The van der Waals surface area contributed by atoms with Gasteiger partial charge in [0.15, 0.2) is 4.67 Å². The molecule has 0 saturated carbocycles. The topological polar surface area (TPSA) is 33.4 Å². The van der Waals surface area contributed by atoms with E-state index >= 15 is 0 Å². The number of furan rings is 1. The van der Waals surface area contributed by atoms with Crippen molar-refractivity contribution < 1.29 is 9.52 Å². The highest BCUT2D eigenvalue weighted by Crippen LogP contribution is 2.23. The van der Waals surface area contributed by atoms with Crippen LogP contribution in [0.2, 0.25) is 0 Å². The minimum atomic E-state index is -0.439. The standard InChI is InChI=1S/C10H9BrO2S/c11-10-4-7(5-13-10)3-9(12)8-1-2-14-6-8/h1-2,4-6,9,12H,3H2. The molecule has 0 spiro atoms. The Balaban J connectivity index is 2.05. The smallest absolute Gasteiger partial charge is 0.169 e. The van der Waals surface area contributed by atoms with Gasteiger partial charge in [-0.2, -0.15) is 11.3 Å². The SMILES string of the molecule is OC(Cc1coc(Br)c1)c1ccsc1. The lowest BCUT2D eigenvalue weighted by Gasteiger charge is -2.05. The second-order valence-electron chi connectivity index (χ2n) is 3.04. The molecule has 0 saturated heterocycles. The lowest BCUT2D eigenvalue weighted by molar-refractivity contribution is 0.178. The first kappa shape index (κ1) is 9.96. The number of hydrogen-bond acceptors (Lipinski definition) is 3. The third-order valence-electron chi connectivity index (χ3n) is 1.98. The summed E-state index contributed by atoms with van der Waals surface area (Å²) in [6.07, 6.45) is 1.80. The van der Waals surface area contributed by atoms with Crippen LogP contribution in [0.3, 0.4) is 0 Å².